The van der Waals surface area contributed by atoms with Crippen LogP contribution in [0.15, 0.2) is 0 Å². The summed E-state index contributed by atoms with van der Waals surface area (Å²) >= 11 is 2.00. The van der Waals surface area contributed by atoms with E-state index >= 15 is 0 Å². The molecule has 0 heterocycles. The predicted octanol–water partition coefficient (Wildman–Crippen LogP) is 0.589. The number of rotatable bonds is 3. The Morgan fingerprint density at radius 3 is 0.647 bits per heavy atom. The van der Waals surface area contributed by atoms with E-state index < -0.39 is 0 Å². The van der Waals surface area contributed by atoms with Gasteiger partial charge in [0.05, 0.1) is 0 Å². The molecule has 0 bridgehead atoms. The summed E-state index contributed by atoms with van der Waals surface area (Å²) in [5.41, 5.74) is 0. The molecule has 0 atom stereocenters. The van der Waals surface area contributed by atoms with Crippen LogP contribution in [0.25, 0.3) is 0 Å². The monoisotopic (exact) mass is 282 g/mol. The van der Waals surface area contributed by atoms with Gasteiger partial charge in [-0.3, -0.25) is 0 Å². The third-order valence-corrected chi connectivity index (χ3v) is 1.00. The molecule has 0 saturated carbocycles. The molecule has 0 rings (SSSR count). The summed E-state index contributed by atoms with van der Waals surface area (Å²) in [5.74, 6) is 0.986. The van der Waals surface area contributed by atoms with Gasteiger partial charge in [-0.15, -0.1) is 19.8 Å². The minimum atomic E-state index is 0.0556. The van der Waals surface area contributed by atoms with Gasteiger partial charge in [-0.05, 0) is 0 Å². The summed E-state index contributed by atoms with van der Waals surface area (Å²) in [7, 11) is 0. The number of hydrogen-bond donors (Lipinski definition) is 0. The molecule has 3 nitrogen and oxygen atoms in total. The van der Waals surface area contributed by atoms with Crippen LogP contribution >= 0.6 is 0 Å². The van der Waals surface area contributed by atoms with E-state index in [4.69, 9.17) is 0 Å². The molecule has 0 radical (unpaired) electrons. The molecule has 0 N–H and O–H groups in total. The Balaban J connectivity index is -0.0000000693. The molecule has 17 heavy (non-hydrogen) atoms. The summed E-state index contributed by atoms with van der Waals surface area (Å²) in [6.07, 6.45) is 0. The van der Waals surface area contributed by atoms with Crippen LogP contribution in [-0.2, 0) is 20.4 Å². The van der Waals surface area contributed by atoms with Crippen LogP contribution in [0.3, 0.4) is 0 Å². The Labute approximate surface area is 120 Å². The van der Waals surface area contributed by atoms with Crippen LogP contribution in [0.1, 0.15) is 41.5 Å². The van der Waals surface area contributed by atoms with Crippen molar-refractivity contribution in [3.8, 4) is 0 Å². The Bertz CT molecular complexity index is 77.6. The first kappa shape index (κ1) is 26.2. The van der Waals surface area contributed by atoms with Crippen molar-refractivity contribution in [2.24, 2.45) is 17.8 Å². The molecule has 4 heteroatoms. The van der Waals surface area contributed by atoms with Gasteiger partial charge in [-0.2, -0.15) is 0 Å². The molecule has 0 fully saturated rings. The van der Waals surface area contributed by atoms with Gasteiger partial charge in [0.25, 0.3) is 0 Å². The molecule has 0 aliphatic heterocycles. The van der Waals surface area contributed by atoms with Crippen LogP contribution in [0.5, 0.6) is 0 Å². The van der Waals surface area contributed by atoms with E-state index in [-0.39, 0.29) is 19.8 Å². The Morgan fingerprint density at radius 2 is 0.647 bits per heavy atom. The minimum absolute atomic E-state index is 0.0556. The summed E-state index contributed by atoms with van der Waals surface area (Å²) < 4.78 is 0. The van der Waals surface area contributed by atoms with Crippen molar-refractivity contribution in [3.05, 3.63) is 0 Å². The molecule has 0 saturated heterocycles. The SMILES string of the molecule is CC(C)C[O-].CC(C)C[O-].CC(C)C[O-].[CH3][Ti+3]. The first-order valence-electron chi connectivity index (χ1n) is 6.05. The molecular formula is C13H30O3Ti. The first-order chi connectivity index (χ1) is 7.81. The Kier molecular flexibility index (Phi) is 39.2. The van der Waals surface area contributed by atoms with Gasteiger partial charge in [0.1, 0.15) is 0 Å². The van der Waals surface area contributed by atoms with Crippen molar-refractivity contribution in [2.45, 2.75) is 46.8 Å². The second kappa shape index (κ2) is 25.4. The zero-order chi connectivity index (χ0) is 14.9. The van der Waals surface area contributed by atoms with Crippen molar-refractivity contribution >= 4 is 0 Å². The van der Waals surface area contributed by atoms with Gasteiger partial charge < -0.3 is 15.3 Å². The van der Waals surface area contributed by atoms with Crippen LogP contribution in [-0.4, -0.2) is 19.8 Å². The molecular weight excluding hydrogens is 252 g/mol. The fourth-order valence-electron chi connectivity index (χ4n) is 0. The molecule has 0 amide bonds. The predicted molar refractivity (Wildman–Crippen MR) is 65.0 cm³/mol. The van der Waals surface area contributed by atoms with Gasteiger partial charge in [-0.25, -0.2) is 0 Å². The van der Waals surface area contributed by atoms with E-state index in [1.165, 1.54) is 0 Å². The number of hydrogen-bond acceptors (Lipinski definition) is 3. The van der Waals surface area contributed by atoms with Gasteiger partial charge in [0.2, 0.25) is 0 Å². The maximum absolute atomic E-state index is 9.63. The van der Waals surface area contributed by atoms with Gasteiger partial charge in [0, 0.05) is 0 Å². The third kappa shape index (κ3) is 81.3. The molecule has 0 aromatic heterocycles. The molecule has 0 aromatic rings. The second-order valence-electron chi connectivity index (χ2n) is 4.68. The van der Waals surface area contributed by atoms with Crippen molar-refractivity contribution in [1.82, 2.24) is 0 Å². The fourth-order valence-corrected chi connectivity index (χ4v) is 0. The quantitative estimate of drug-likeness (QED) is 0.711. The average Bonchev–Trinajstić information content (AvgIpc) is 2.32. The first-order valence-corrected chi connectivity index (χ1v) is 7.62. The van der Waals surface area contributed by atoms with E-state index in [0.29, 0.717) is 17.8 Å². The second-order valence-corrected chi connectivity index (χ2v) is 4.68. The van der Waals surface area contributed by atoms with Crippen molar-refractivity contribution < 1.29 is 35.8 Å². The van der Waals surface area contributed by atoms with E-state index in [1.54, 1.807) is 0 Å². The van der Waals surface area contributed by atoms with Crippen molar-refractivity contribution in [3.63, 3.8) is 0 Å². The third-order valence-electron chi connectivity index (χ3n) is 1.00. The van der Waals surface area contributed by atoms with Gasteiger partial charge in [0.15, 0.2) is 0 Å². The van der Waals surface area contributed by atoms with E-state index in [1.807, 2.05) is 67.2 Å². The van der Waals surface area contributed by atoms with Gasteiger partial charge in [-0.1, -0.05) is 59.3 Å². The molecule has 0 spiro atoms. The fraction of sp³-hybridized carbons (Fsp3) is 1.00. The van der Waals surface area contributed by atoms with Crippen LogP contribution in [0, 0.1) is 17.8 Å². The standard InChI is InChI=1S/3C4H9O.CH3.Ti/c3*1-4(2)3-5;;/h3*4H,3H2,1-2H3;1H3;/q3*-1;;+3. The molecule has 0 unspecified atom stereocenters. The summed E-state index contributed by atoms with van der Waals surface area (Å²) in [4.78, 5) is 0. The van der Waals surface area contributed by atoms with E-state index in [0.717, 1.165) is 0 Å². The Hall–Kier alpha value is 0.594. The Morgan fingerprint density at radius 1 is 0.588 bits per heavy atom. The molecule has 104 valence electrons. The molecule has 0 aliphatic carbocycles. The zero-order valence-electron chi connectivity index (χ0n) is 12.6. The molecule has 0 aromatic carbocycles. The average molecular weight is 282 g/mol. The normalized spacial score (nSPS) is 8.88. The summed E-state index contributed by atoms with van der Waals surface area (Å²) in [5, 5.41) is 30.9. The van der Waals surface area contributed by atoms with E-state index in [2.05, 4.69) is 0 Å². The van der Waals surface area contributed by atoms with Crippen molar-refractivity contribution in [1.29, 1.82) is 0 Å². The van der Waals surface area contributed by atoms with Gasteiger partial charge >= 0.3 is 25.7 Å². The van der Waals surface area contributed by atoms with Crippen molar-refractivity contribution in [2.75, 3.05) is 19.8 Å². The molecule has 0 aliphatic rings. The summed E-state index contributed by atoms with van der Waals surface area (Å²) in [6, 6.07) is 0. The zero-order valence-corrected chi connectivity index (χ0v) is 14.1. The van der Waals surface area contributed by atoms with E-state index in [9.17, 15) is 15.3 Å². The van der Waals surface area contributed by atoms with Crippen LogP contribution in [0.4, 0.5) is 0 Å². The topological polar surface area (TPSA) is 69.2 Å². The summed E-state index contributed by atoms with van der Waals surface area (Å²) in [6.45, 7) is 11.6. The van der Waals surface area contributed by atoms with Crippen LogP contribution < -0.4 is 15.3 Å². The maximum atomic E-state index is 9.63. The van der Waals surface area contributed by atoms with Crippen LogP contribution in [0.2, 0.25) is 5.23 Å².